The van der Waals surface area contributed by atoms with Gasteiger partial charge < -0.3 is 9.19 Å². The molecule has 1 heterocycles. The van der Waals surface area contributed by atoms with Crippen LogP contribution in [0, 0.1) is 0 Å². The molecule has 1 aliphatic heterocycles. The van der Waals surface area contributed by atoms with Gasteiger partial charge in [0, 0.05) is 13.9 Å². The van der Waals surface area contributed by atoms with E-state index in [9.17, 15) is 9.59 Å². The number of hydrogen-bond donors (Lipinski definition) is 0. The number of carbonyl (C=O) groups excluding carboxylic acids is 2. The van der Waals surface area contributed by atoms with Gasteiger partial charge in [-0.25, -0.2) is 4.79 Å². The van der Waals surface area contributed by atoms with Crippen LogP contribution in [0.2, 0.25) is 0 Å². The van der Waals surface area contributed by atoms with Gasteiger partial charge in [-0.2, -0.15) is 0 Å². The normalized spacial score (nSPS) is 22.6. The van der Waals surface area contributed by atoms with Gasteiger partial charge in [0.25, 0.3) is 0 Å². The van der Waals surface area contributed by atoms with E-state index in [1.165, 1.54) is 0 Å². The number of hydrogen-bond acceptors (Lipinski definition) is 3. The zero-order chi connectivity index (χ0) is 10.0. The molecule has 1 fully saturated rings. The third-order valence-electron chi connectivity index (χ3n) is 1.82. The van der Waals surface area contributed by atoms with E-state index in [4.69, 9.17) is 0 Å². The molecule has 0 bridgehead atoms. The molecule has 0 aliphatic carbocycles. The van der Waals surface area contributed by atoms with Gasteiger partial charge in [0.1, 0.15) is 6.04 Å². The highest BCUT2D eigenvalue weighted by Gasteiger charge is 2.38. The van der Waals surface area contributed by atoms with E-state index in [-0.39, 0.29) is 11.9 Å². The second kappa shape index (κ2) is 4.94. The average molecular weight is 257 g/mol. The van der Waals surface area contributed by atoms with Gasteiger partial charge in [-0.15, -0.1) is 0 Å². The van der Waals surface area contributed by atoms with Crippen molar-refractivity contribution in [1.29, 1.82) is 0 Å². The van der Waals surface area contributed by atoms with Crippen LogP contribution in [0.25, 0.3) is 0 Å². The van der Waals surface area contributed by atoms with Crippen molar-refractivity contribution in [3.8, 4) is 0 Å². The summed E-state index contributed by atoms with van der Waals surface area (Å²) in [5.41, 5.74) is 0. The molecule has 8 heteroatoms. The Kier molecular flexibility index (Phi) is 4.46. The van der Waals surface area contributed by atoms with E-state index in [0.29, 0.717) is 12.8 Å². The van der Waals surface area contributed by atoms with Gasteiger partial charge >= 0.3 is 5.97 Å². The Balaban J connectivity index is 2.75. The number of rotatable bonds is 2. The summed E-state index contributed by atoms with van der Waals surface area (Å²) >= 11 is 0. The molecule has 1 aliphatic rings. The largest absolute Gasteiger partial charge is 0.450 e. The maximum absolute atomic E-state index is 11.3. The van der Waals surface area contributed by atoms with Crippen molar-refractivity contribution < 1.29 is 14.1 Å². The molecule has 0 radical (unpaired) electrons. The number of carbonyl (C=O) groups is 2. The fourth-order valence-electron chi connectivity index (χ4n) is 1.26. The van der Waals surface area contributed by atoms with Crippen molar-refractivity contribution in [2.75, 3.05) is 0 Å². The first-order valence-electron chi connectivity index (χ1n) is 3.60. The second-order valence-corrected chi connectivity index (χ2v) is 9.00. The molecule has 4 atom stereocenters. The van der Waals surface area contributed by atoms with E-state index in [0.717, 1.165) is 0 Å². The maximum atomic E-state index is 11.3. The van der Waals surface area contributed by atoms with Crippen LogP contribution in [0.15, 0.2) is 0 Å². The Morgan fingerprint density at radius 1 is 1.62 bits per heavy atom. The van der Waals surface area contributed by atoms with E-state index in [1.54, 1.807) is 4.67 Å². The number of amides is 1. The highest BCUT2D eigenvalue weighted by molar-refractivity contribution is 8.42. The van der Waals surface area contributed by atoms with Crippen LogP contribution in [0.3, 0.4) is 0 Å². The van der Waals surface area contributed by atoms with Crippen molar-refractivity contribution in [3.63, 3.8) is 0 Å². The van der Waals surface area contributed by atoms with Crippen LogP contribution in [0.1, 0.15) is 12.8 Å². The van der Waals surface area contributed by atoms with E-state index < -0.39 is 13.5 Å². The molecule has 0 aromatic rings. The zero-order valence-corrected chi connectivity index (χ0v) is 11.2. The van der Waals surface area contributed by atoms with Gasteiger partial charge in [-0.3, -0.25) is 4.79 Å². The van der Waals surface area contributed by atoms with Crippen LogP contribution < -0.4 is 0 Å². The molecular weight excluding hydrogens is 246 g/mol. The second-order valence-electron chi connectivity index (χ2n) is 2.61. The van der Waals surface area contributed by atoms with Gasteiger partial charge in [-0.1, -0.05) is 17.9 Å². The monoisotopic (exact) mass is 257 g/mol. The Hall–Kier alpha value is 0.660. The fourth-order valence-corrected chi connectivity index (χ4v) is 4.04. The predicted octanol–water partition coefficient (Wildman–Crippen LogP) is 1.29. The third kappa shape index (κ3) is 2.57. The van der Waals surface area contributed by atoms with Crippen LogP contribution in [-0.2, 0) is 14.1 Å². The third-order valence-corrected chi connectivity index (χ3v) is 4.54. The van der Waals surface area contributed by atoms with Gasteiger partial charge in [0.2, 0.25) is 5.91 Å². The molecule has 0 aromatic carbocycles. The quantitative estimate of drug-likeness (QED) is 0.700. The van der Waals surface area contributed by atoms with Crippen molar-refractivity contribution >= 4 is 46.6 Å². The minimum atomic E-state index is -0.711. The standard InChI is InChI=1S/C5H11NO3P4/c7-4-2-1-3(5(8)9-10)6(4)13(11)12/h3H,1-2,10-12H2/t3-/m0/s1. The Bertz CT molecular complexity index is 234. The Morgan fingerprint density at radius 3 is 2.69 bits per heavy atom. The molecule has 74 valence electrons. The van der Waals surface area contributed by atoms with E-state index >= 15 is 0 Å². The average Bonchev–Trinajstić information content (AvgIpc) is 2.45. The predicted molar refractivity (Wildman–Crippen MR) is 62.0 cm³/mol. The molecule has 1 saturated heterocycles. The summed E-state index contributed by atoms with van der Waals surface area (Å²) in [6.45, 7) is 0. The van der Waals surface area contributed by atoms with Gasteiger partial charge in [0.15, 0.2) is 0 Å². The lowest BCUT2D eigenvalue weighted by Gasteiger charge is -2.25. The van der Waals surface area contributed by atoms with Crippen LogP contribution in [0.4, 0.5) is 0 Å². The maximum Gasteiger partial charge on any atom is 0.331 e. The smallest absolute Gasteiger partial charge is 0.331 e. The van der Waals surface area contributed by atoms with Crippen molar-refractivity contribution in [2.24, 2.45) is 0 Å². The summed E-state index contributed by atoms with van der Waals surface area (Å²) in [6.07, 6.45) is 1.000. The van der Waals surface area contributed by atoms with Gasteiger partial charge in [-0.05, 0) is 6.42 Å². The minimum Gasteiger partial charge on any atom is -0.450 e. The fraction of sp³-hybridized carbons (Fsp3) is 0.600. The van der Waals surface area contributed by atoms with E-state index in [1.807, 2.05) is 9.47 Å². The summed E-state index contributed by atoms with van der Waals surface area (Å²) in [5.74, 6) is -0.329. The van der Waals surface area contributed by atoms with E-state index in [2.05, 4.69) is 22.4 Å². The summed E-state index contributed by atoms with van der Waals surface area (Å²) in [4.78, 5) is 22.6. The first kappa shape index (κ1) is 11.7. The summed E-state index contributed by atoms with van der Waals surface area (Å²) < 4.78 is 6.12. The van der Waals surface area contributed by atoms with Crippen molar-refractivity contribution in [2.45, 2.75) is 18.9 Å². The molecule has 3 unspecified atom stereocenters. The molecule has 0 N–H and O–H groups in total. The topological polar surface area (TPSA) is 46.6 Å². The lowest BCUT2D eigenvalue weighted by Crippen LogP contribution is -2.32. The molecule has 1 rings (SSSR count). The first-order valence-corrected chi connectivity index (χ1v) is 8.60. The summed E-state index contributed by atoms with van der Waals surface area (Å²) in [5, 5.41) is 0. The highest BCUT2D eigenvalue weighted by atomic mass is 32.4. The molecule has 0 saturated carbocycles. The lowest BCUT2D eigenvalue weighted by molar-refractivity contribution is -0.139. The molecule has 13 heavy (non-hydrogen) atoms. The Morgan fingerprint density at radius 2 is 2.23 bits per heavy atom. The minimum absolute atomic E-state index is 0.0245. The van der Waals surface area contributed by atoms with Crippen LogP contribution in [-0.4, -0.2) is 22.6 Å². The van der Waals surface area contributed by atoms with Crippen molar-refractivity contribution in [3.05, 3.63) is 0 Å². The first-order chi connectivity index (χ1) is 6.07. The van der Waals surface area contributed by atoms with Crippen LogP contribution in [0.5, 0.6) is 0 Å². The summed E-state index contributed by atoms with van der Waals surface area (Å²) in [6, 6.07) is -0.397. The molecular formula is C5H11NO3P4. The molecule has 0 spiro atoms. The molecule has 0 aromatic heterocycles. The van der Waals surface area contributed by atoms with Crippen LogP contribution >= 0.6 is 34.8 Å². The number of nitrogens with zero attached hydrogens (tertiary/aromatic N) is 1. The lowest BCUT2D eigenvalue weighted by atomic mass is 10.2. The summed E-state index contributed by atoms with van der Waals surface area (Å²) in [7, 11) is 6.27. The van der Waals surface area contributed by atoms with Crippen molar-refractivity contribution in [1.82, 2.24) is 4.67 Å². The Labute approximate surface area is 84.8 Å². The zero-order valence-electron chi connectivity index (χ0n) is 6.84. The molecule has 4 nitrogen and oxygen atoms in total. The molecule has 1 amide bonds. The SMILES string of the molecule is O=C(OP)[C@@H]1CCC(=O)N1P(P)P. The highest BCUT2D eigenvalue weighted by Crippen LogP contribution is 2.59. The van der Waals surface area contributed by atoms with Gasteiger partial charge in [0.05, 0.1) is 9.47 Å².